The van der Waals surface area contributed by atoms with Crippen LogP contribution >= 0.6 is 11.6 Å². The molecule has 5 heteroatoms. The van der Waals surface area contributed by atoms with Gasteiger partial charge in [-0.2, -0.15) is 5.10 Å². The summed E-state index contributed by atoms with van der Waals surface area (Å²) in [6.07, 6.45) is 7.03. The molecule has 0 fully saturated rings. The Hall–Kier alpha value is -2.33. The van der Waals surface area contributed by atoms with Crippen LogP contribution in [0.4, 0.5) is 5.82 Å². The first-order chi connectivity index (χ1) is 11.3. The molecule has 1 aliphatic rings. The molecule has 1 aliphatic heterocycles. The van der Waals surface area contributed by atoms with Gasteiger partial charge in [-0.15, -0.1) is 0 Å². The Morgan fingerprint density at radius 2 is 1.96 bits per heavy atom. The summed E-state index contributed by atoms with van der Waals surface area (Å²) in [5, 5.41) is 9.15. The van der Waals surface area contributed by atoms with E-state index in [1.165, 1.54) is 18.4 Å². The van der Waals surface area contributed by atoms with E-state index >= 15 is 0 Å². The van der Waals surface area contributed by atoms with Crippen LogP contribution in [0.1, 0.15) is 18.4 Å². The van der Waals surface area contributed by atoms with Crippen LogP contribution < -0.4 is 5.32 Å². The monoisotopic (exact) mass is 324 g/mol. The van der Waals surface area contributed by atoms with Crippen LogP contribution in [0.3, 0.4) is 0 Å². The van der Waals surface area contributed by atoms with Crippen molar-refractivity contribution in [1.82, 2.24) is 14.8 Å². The lowest BCUT2D eigenvalue weighted by molar-refractivity contribution is 0.780. The SMILES string of the molecule is Clc1ccc(-n2nc(-c3cccnc3)c3c2NCCCC3)cc1. The fourth-order valence-electron chi connectivity index (χ4n) is 3.01. The summed E-state index contributed by atoms with van der Waals surface area (Å²) in [4.78, 5) is 4.24. The van der Waals surface area contributed by atoms with Gasteiger partial charge < -0.3 is 5.32 Å². The lowest BCUT2D eigenvalue weighted by Crippen LogP contribution is -2.07. The highest BCUT2D eigenvalue weighted by atomic mass is 35.5. The summed E-state index contributed by atoms with van der Waals surface area (Å²) in [5.41, 5.74) is 4.35. The summed E-state index contributed by atoms with van der Waals surface area (Å²) >= 11 is 6.02. The highest BCUT2D eigenvalue weighted by molar-refractivity contribution is 6.30. The lowest BCUT2D eigenvalue weighted by Gasteiger charge is -2.09. The second-order valence-electron chi connectivity index (χ2n) is 5.69. The number of benzene rings is 1. The molecule has 4 nitrogen and oxygen atoms in total. The summed E-state index contributed by atoms with van der Waals surface area (Å²) in [5.74, 6) is 1.09. The molecule has 3 heterocycles. The number of anilines is 1. The number of aromatic nitrogens is 3. The normalized spacial score (nSPS) is 14.0. The summed E-state index contributed by atoms with van der Waals surface area (Å²) in [6.45, 7) is 0.971. The first-order valence-electron chi connectivity index (χ1n) is 7.85. The smallest absolute Gasteiger partial charge is 0.133 e. The fourth-order valence-corrected chi connectivity index (χ4v) is 3.13. The molecule has 0 aliphatic carbocycles. The van der Waals surface area contributed by atoms with Crippen molar-refractivity contribution < 1.29 is 0 Å². The molecule has 23 heavy (non-hydrogen) atoms. The van der Waals surface area contributed by atoms with E-state index in [-0.39, 0.29) is 0 Å². The molecule has 0 amide bonds. The molecular formula is C18H17ClN4. The van der Waals surface area contributed by atoms with E-state index in [4.69, 9.17) is 16.7 Å². The third-order valence-corrected chi connectivity index (χ3v) is 4.39. The Labute approximate surface area is 140 Å². The molecule has 3 aromatic rings. The van der Waals surface area contributed by atoms with Crippen LogP contribution in [0, 0.1) is 0 Å². The van der Waals surface area contributed by atoms with Crippen molar-refractivity contribution in [2.24, 2.45) is 0 Å². The third-order valence-electron chi connectivity index (χ3n) is 4.14. The van der Waals surface area contributed by atoms with Gasteiger partial charge in [0.25, 0.3) is 0 Å². The average Bonchev–Trinajstić information content (AvgIpc) is 2.78. The van der Waals surface area contributed by atoms with Gasteiger partial charge in [0.05, 0.1) is 11.4 Å². The number of rotatable bonds is 2. The van der Waals surface area contributed by atoms with Gasteiger partial charge in [0.1, 0.15) is 5.82 Å². The highest BCUT2D eigenvalue weighted by Crippen LogP contribution is 2.33. The second kappa shape index (κ2) is 6.05. The molecule has 0 bridgehead atoms. The van der Waals surface area contributed by atoms with Crippen LogP contribution in [0.15, 0.2) is 48.8 Å². The zero-order valence-electron chi connectivity index (χ0n) is 12.7. The maximum atomic E-state index is 6.02. The number of nitrogens with one attached hydrogen (secondary N) is 1. The van der Waals surface area contributed by atoms with Gasteiger partial charge in [0.15, 0.2) is 0 Å². The third kappa shape index (κ3) is 2.70. The van der Waals surface area contributed by atoms with Crippen LogP contribution in [0.2, 0.25) is 5.02 Å². The Morgan fingerprint density at radius 1 is 1.09 bits per heavy atom. The van der Waals surface area contributed by atoms with Crippen molar-refractivity contribution in [2.75, 3.05) is 11.9 Å². The maximum Gasteiger partial charge on any atom is 0.133 e. The summed E-state index contributed by atoms with van der Waals surface area (Å²) in [7, 11) is 0. The second-order valence-corrected chi connectivity index (χ2v) is 6.13. The first kappa shape index (κ1) is 14.3. The van der Waals surface area contributed by atoms with Crippen molar-refractivity contribution in [3.63, 3.8) is 0 Å². The van der Waals surface area contributed by atoms with Crippen LogP contribution in [0.5, 0.6) is 0 Å². The number of nitrogens with zero attached hydrogens (tertiary/aromatic N) is 3. The molecule has 2 aromatic heterocycles. The van der Waals surface area contributed by atoms with Gasteiger partial charge in [-0.05, 0) is 55.7 Å². The number of fused-ring (bicyclic) bond motifs is 1. The van der Waals surface area contributed by atoms with Crippen molar-refractivity contribution in [3.05, 3.63) is 59.4 Å². The molecule has 1 aromatic carbocycles. The zero-order valence-corrected chi connectivity index (χ0v) is 13.4. The Balaban J connectivity index is 1.89. The molecule has 1 N–H and O–H groups in total. The van der Waals surface area contributed by atoms with Crippen molar-refractivity contribution >= 4 is 17.4 Å². The molecular weight excluding hydrogens is 308 g/mol. The minimum absolute atomic E-state index is 0.729. The van der Waals surface area contributed by atoms with Gasteiger partial charge in [0, 0.05) is 35.1 Å². The zero-order chi connectivity index (χ0) is 15.6. The van der Waals surface area contributed by atoms with E-state index in [0.29, 0.717) is 0 Å². The van der Waals surface area contributed by atoms with E-state index in [1.54, 1.807) is 6.20 Å². The summed E-state index contributed by atoms with van der Waals surface area (Å²) < 4.78 is 1.99. The van der Waals surface area contributed by atoms with Crippen LogP contribution in [-0.4, -0.2) is 21.3 Å². The number of halogens is 1. The minimum Gasteiger partial charge on any atom is -0.370 e. The number of hydrogen-bond acceptors (Lipinski definition) is 3. The van der Waals surface area contributed by atoms with E-state index in [2.05, 4.69) is 16.4 Å². The number of pyridine rings is 1. The fraction of sp³-hybridized carbons (Fsp3) is 0.222. The molecule has 4 rings (SSSR count). The Bertz CT molecular complexity index is 809. The van der Waals surface area contributed by atoms with Gasteiger partial charge >= 0.3 is 0 Å². The van der Waals surface area contributed by atoms with Crippen molar-refractivity contribution in [2.45, 2.75) is 19.3 Å². The average molecular weight is 325 g/mol. The predicted octanol–water partition coefficient (Wildman–Crippen LogP) is 4.34. The molecule has 0 radical (unpaired) electrons. The summed E-state index contributed by atoms with van der Waals surface area (Å²) in [6, 6.07) is 11.8. The standard InChI is InChI=1S/C18H17ClN4/c19-14-6-8-15(9-7-14)23-18-16(5-1-2-11-21-18)17(22-23)13-4-3-10-20-12-13/h3-4,6-10,12,21H,1-2,5,11H2. The predicted molar refractivity (Wildman–Crippen MR) is 93.2 cm³/mol. The number of hydrogen-bond donors (Lipinski definition) is 1. The molecule has 0 saturated carbocycles. The first-order valence-corrected chi connectivity index (χ1v) is 8.23. The minimum atomic E-state index is 0.729. The van der Waals surface area contributed by atoms with E-state index < -0.39 is 0 Å². The van der Waals surface area contributed by atoms with Gasteiger partial charge in [-0.3, -0.25) is 4.98 Å². The molecule has 116 valence electrons. The lowest BCUT2D eigenvalue weighted by atomic mass is 10.1. The maximum absolute atomic E-state index is 6.02. The molecule has 0 unspecified atom stereocenters. The molecule has 0 saturated heterocycles. The van der Waals surface area contributed by atoms with E-state index in [0.717, 1.165) is 40.8 Å². The largest absolute Gasteiger partial charge is 0.370 e. The van der Waals surface area contributed by atoms with E-state index in [1.807, 2.05) is 41.2 Å². The van der Waals surface area contributed by atoms with Gasteiger partial charge in [-0.25, -0.2) is 4.68 Å². The highest BCUT2D eigenvalue weighted by Gasteiger charge is 2.21. The quantitative estimate of drug-likeness (QED) is 0.762. The van der Waals surface area contributed by atoms with Crippen molar-refractivity contribution in [3.8, 4) is 16.9 Å². The Morgan fingerprint density at radius 3 is 2.74 bits per heavy atom. The molecule has 0 spiro atoms. The van der Waals surface area contributed by atoms with Crippen LogP contribution in [-0.2, 0) is 6.42 Å². The Kier molecular flexibility index (Phi) is 3.75. The van der Waals surface area contributed by atoms with Gasteiger partial charge in [-0.1, -0.05) is 11.6 Å². The van der Waals surface area contributed by atoms with Gasteiger partial charge in [0.2, 0.25) is 0 Å². The van der Waals surface area contributed by atoms with E-state index in [9.17, 15) is 0 Å². The topological polar surface area (TPSA) is 42.7 Å². The van der Waals surface area contributed by atoms with Crippen molar-refractivity contribution in [1.29, 1.82) is 0 Å². The van der Waals surface area contributed by atoms with Crippen LogP contribution in [0.25, 0.3) is 16.9 Å². The molecule has 0 atom stereocenters.